The van der Waals surface area contributed by atoms with Crippen LogP contribution < -0.4 is 5.32 Å². The molecular weight excluding hydrogens is 258 g/mol. The second-order valence-electron chi connectivity index (χ2n) is 2.92. The van der Waals surface area contributed by atoms with Crippen molar-refractivity contribution in [2.75, 3.05) is 11.9 Å². The normalized spacial score (nSPS) is 10.2. The van der Waals surface area contributed by atoms with E-state index in [1.54, 1.807) is 6.20 Å². The first-order valence-electron chi connectivity index (χ1n) is 4.53. The monoisotopic (exact) mass is 267 g/mol. The fourth-order valence-electron chi connectivity index (χ4n) is 1.16. The summed E-state index contributed by atoms with van der Waals surface area (Å²) in [4.78, 5) is 8.02. The van der Waals surface area contributed by atoms with Crippen LogP contribution in [0.5, 0.6) is 0 Å². The van der Waals surface area contributed by atoms with Crippen LogP contribution in [-0.2, 0) is 6.54 Å². The van der Waals surface area contributed by atoms with E-state index in [0.717, 1.165) is 23.5 Å². The summed E-state index contributed by atoms with van der Waals surface area (Å²) < 4.78 is 2.64. The van der Waals surface area contributed by atoms with E-state index in [9.17, 15) is 0 Å². The van der Waals surface area contributed by atoms with Crippen LogP contribution >= 0.6 is 15.9 Å². The first-order valence-corrected chi connectivity index (χ1v) is 5.33. The molecule has 5 nitrogen and oxygen atoms in total. The van der Waals surface area contributed by atoms with Crippen LogP contribution in [0.25, 0.3) is 0 Å². The third-order valence-electron chi connectivity index (χ3n) is 1.84. The molecule has 0 amide bonds. The maximum absolute atomic E-state index is 4.10. The Morgan fingerprint density at radius 3 is 3.07 bits per heavy atom. The minimum atomic E-state index is 0.777. The Morgan fingerprint density at radius 1 is 1.40 bits per heavy atom. The molecule has 0 aliphatic carbocycles. The van der Waals surface area contributed by atoms with Crippen molar-refractivity contribution in [1.29, 1.82) is 0 Å². The number of nitrogens with zero attached hydrogens (tertiary/aromatic N) is 4. The van der Waals surface area contributed by atoms with Gasteiger partial charge < -0.3 is 5.32 Å². The predicted octanol–water partition coefficient (Wildman–Crippen LogP) is 1.55. The largest absolute Gasteiger partial charge is 0.368 e. The van der Waals surface area contributed by atoms with Crippen LogP contribution in [-0.4, -0.2) is 26.3 Å². The van der Waals surface area contributed by atoms with Gasteiger partial charge in [0, 0.05) is 25.0 Å². The zero-order valence-electron chi connectivity index (χ0n) is 7.97. The molecular formula is C9H10BrN5. The molecule has 0 atom stereocenters. The van der Waals surface area contributed by atoms with Crippen LogP contribution in [0.15, 0.2) is 35.5 Å². The number of nitrogens with one attached hydrogen (secondary N) is 1. The number of halogens is 1. The van der Waals surface area contributed by atoms with E-state index in [1.807, 2.05) is 23.0 Å². The van der Waals surface area contributed by atoms with E-state index in [-0.39, 0.29) is 0 Å². The summed E-state index contributed by atoms with van der Waals surface area (Å²) in [6.45, 7) is 1.60. The standard InChI is InChI=1S/C9H10BrN5/c10-8-6-9(13-7-12-8)11-3-5-15-4-1-2-14-15/h1-2,4,6-7H,3,5H2,(H,11,12,13). The van der Waals surface area contributed by atoms with Gasteiger partial charge in [0.05, 0.1) is 6.54 Å². The summed E-state index contributed by atoms with van der Waals surface area (Å²) in [5, 5.41) is 7.28. The fraction of sp³-hybridized carbons (Fsp3) is 0.222. The lowest BCUT2D eigenvalue weighted by atomic mass is 10.5. The Balaban J connectivity index is 1.83. The Hall–Kier alpha value is -1.43. The van der Waals surface area contributed by atoms with Gasteiger partial charge in [0.25, 0.3) is 0 Å². The summed E-state index contributed by atoms with van der Waals surface area (Å²) in [7, 11) is 0. The van der Waals surface area contributed by atoms with Gasteiger partial charge in [0.2, 0.25) is 0 Å². The predicted molar refractivity (Wildman–Crippen MR) is 60.4 cm³/mol. The third-order valence-corrected chi connectivity index (χ3v) is 2.27. The first-order chi connectivity index (χ1) is 7.34. The minimum absolute atomic E-state index is 0.777. The highest BCUT2D eigenvalue weighted by molar-refractivity contribution is 9.10. The Bertz CT molecular complexity index is 414. The Labute approximate surface area is 95.7 Å². The average molecular weight is 268 g/mol. The van der Waals surface area contributed by atoms with Gasteiger partial charge in [-0.15, -0.1) is 0 Å². The molecule has 6 heteroatoms. The second-order valence-corrected chi connectivity index (χ2v) is 3.73. The molecule has 0 saturated heterocycles. The lowest BCUT2D eigenvalue weighted by Crippen LogP contribution is -2.11. The second kappa shape index (κ2) is 4.88. The molecule has 2 heterocycles. The van der Waals surface area contributed by atoms with Gasteiger partial charge in [0.15, 0.2) is 0 Å². The van der Waals surface area contributed by atoms with Crippen molar-refractivity contribution in [3.05, 3.63) is 35.5 Å². The van der Waals surface area contributed by atoms with Crippen molar-refractivity contribution in [3.8, 4) is 0 Å². The van der Waals surface area contributed by atoms with Crippen molar-refractivity contribution in [2.24, 2.45) is 0 Å². The minimum Gasteiger partial charge on any atom is -0.368 e. The van der Waals surface area contributed by atoms with E-state index in [0.29, 0.717) is 0 Å². The number of hydrogen-bond donors (Lipinski definition) is 1. The summed E-state index contributed by atoms with van der Waals surface area (Å²) in [5.41, 5.74) is 0. The SMILES string of the molecule is Brc1cc(NCCn2cccn2)ncn1. The lowest BCUT2D eigenvalue weighted by molar-refractivity contribution is 0.637. The van der Waals surface area contributed by atoms with Gasteiger partial charge in [0.1, 0.15) is 16.7 Å². The number of aromatic nitrogens is 4. The van der Waals surface area contributed by atoms with Crippen molar-refractivity contribution in [1.82, 2.24) is 19.7 Å². The van der Waals surface area contributed by atoms with E-state index >= 15 is 0 Å². The van der Waals surface area contributed by atoms with Crippen LogP contribution in [0.1, 0.15) is 0 Å². The molecule has 0 spiro atoms. The van der Waals surface area contributed by atoms with Crippen molar-refractivity contribution in [3.63, 3.8) is 0 Å². The zero-order valence-corrected chi connectivity index (χ0v) is 9.55. The molecule has 0 fully saturated rings. The zero-order chi connectivity index (χ0) is 10.5. The smallest absolute Gasteiger partial charge is 0.130 e. The van der Waals surface area contributed by atoms with Gasteiger partial charge in [-0.3, -0.25) is 4.68 Å². The summed E-state index contributed by atoms with van der Waals surface area (Å²) in [6.07, 6.45) is 5.21. The van der Waals surface area contributed by atoms with E-state index in [1.165, 1.54) is 6.33 Å². The molecule has 0 aromatic carbocycles. The molecule has 0 aliphatic heterocycles. The molecule has 0 radical (unpaired) electrons. The highest BCUT2D eigenvalue weighted by Gasteiger charge is 1.95. The highest BCUT2D eigenvalue weighted by Crippen LogP contribution is 2.08. The molecule has 2 aromatic rings. The van der Waals surface area contributed by atoms with Crippen LogP contribution in [0, 0.1) is 0 Å². The topological polar surface area (TPSA) is 55.6 Å². The van der Waals surface area contributed by atoms with E-state index in [2.05, 4.69) is 36.3 Å². The molecule has 2 aromatic heterocycles. The lowest BCUT2D eigenvalue weighted by Gasteiger charge is -2.05. The third kappa shape index (κ3) is 3.02. The number of anilines is 1. The first kappa shape index (κ1) is 10.1. The van der Waals surface area contributed by atoms with Gasteiger partial charge in [-0.25, -0.2) is 9.97 Å². The molecule has 0 bridgehead atoms. The van der Waals surface area contributed by atoms with Gasteiger partial charge >= 0.3 is 0 Å². The van der Waals surface area contributed by atoms with Crippen LogP contribution in [0.4, 0.5) is 5.82 Å². The molecule has 0 saturated carbocycles. The number of hydrogen-bond acceptors (Lipinski definition) is 4. The molecule has 0 unspecified atom stereocenters. The maximum atomic E-state index is 4.10. The number of rotatable bonds is 4. The average Bonchev–Trinajstić information content (AvgIpc) is 2.71. The Morgan fingerprint density at radius 2 is 2.33 bits per heavy atom. The summed E-state index contributed by atoms with van der Waals surface area (Å²) in [5.74, 6) is 0.809. The van der Waals surface area contributed by atoms with E-state index < -0.39 is 0 Å². The highest BCUT2D eigenvalue weighted by atomic mass is 79.9. The van der Waals surface area contributed by atoms with Crippen LogP contribution in [0.2, 0.25) is 0 Å². The van der Waals surface area contributed by atoms with Crippen LogP contribution in [0.3, 0.4) is 0 Å². The van der Waals surface area contributed by atoms with E-state index in [4.69, 9.17) is 0 Å². The summed E-state index contributed by atoms with van der Waals surface area (Å²) in [6, 6.07) is 3.74. The van der Waals surface area contributed by atoms with Gasteiger partial charge in [-0.05, 0) is 22.0 Å². The van der Waals surface area contributed by atoms with Crippen molar-refractivity contribution >= 4 is 21.7 Å². The molecule has 15 heavy (non-hydrogen) atoms. The quantitative estimate of drug-likeness (QED) is 0.855. The molecule has 78 valence electrons. The van der Waals surface area contributed by atoms with Gasteiger partial charge in [-0.2, -0.15) is 5.10 Å². The van der Waals surface area contributed by atoms with Crippen molar-refractivity contribution in [2.45, 2.75) is 6.54 Å². The molecule has 2 rings (SSSR count). The van der Waals surface area contributed by atoms with Crippen molar-refractivity contribution < 1.29 is 0 Å². The summed E-state index contributed by atoms with van der Waals surface area (Å²) >= 11 is 3.28. The molecule has 0 aliphatic rings. The Kier molecular flexibility index (Phi) is 3.29. The van der Waals surface area contributed by atoms with Gasteiger partial charge in [-0.1, -0.05) is 0 Å². The molecule has 1 N–H and O–H groups in total. The fourth-order valence-corrected chi connectivity index (χ4v) is 1.47. The maximum Gasteiger partial charge on any atom is 0.130 e.